The van der Waals surface area contributed by atoms with Gasteiger partial charge in [0, 0.05) is 5.92 Å². The van der Waals surface area contributed by atoms with Crippen LogP contribution in [0.25, 0.3) is 0 Å². The molecule has 1 rings (SSSR count). The van der Waals surface area contributed by atoms with E-state index in [0.717, 1.165) is 5.75 Å². The van der Waals surface area contributed by atoms with Crippen molar-refractivity contribution in [2.45, 2.75) is 13.8 Å². The van der Waals surface area contributed by atoms with Gasteiger partial charge >= 0.3 is 0 Å². The van der Waals surface area contributed by atoms with E-state index in [1.54, 1.807) is 0 Å². The second-order valence-electron chi connectivity index (χ2n) is 3.86. The maximum Gasteiger partial charge on any atom is 0.119 e. The minimum Gasteiger partial charge on any atom is -0.493 e. The van der Waals surface area contributed by atoms with Crippen molar-refractivity contribution >= 4 is 0 Å². The molecule has 0 radical (unpaired) electrons. The van der Waals surface area contributed by atoms with E-state index >= 15 is 0 Å². The van der Waals surface area contributed by atoms with Gasteiger partial charge in [-0.3, -0.25) is 0 Å². The molecule has 2 N–H and O–H groups in total. The van der Waals surface area contributed by atoms with Gasteiger partial charge in [-0.25, -0.2) is 0 Å². The molecule has 0 aliphatic rings. The Balaban J connectivity index is 2.40. The van der Waals surface area contributed by atoms with E-state index in [1.807, 2.05) is 30.3 Å². The molecule has 0 spiro atoms. The highest BCUT2D eigenvalue weighted by Gasteiger charge is 2.11. The number of hydrogen-bond acceptors (Lipinski definition) is 2. The van der Waals surface area contributed by atoms with Crippen LogP contribution >= 0.6 is 0 Å². The van der Waals surface area contributed by atoms with Crippen LogP contribution in [0.15, 0.2) is 30.3 Å². The zero-order valence-electron chi connectivity index (χ0n) is 8.94. The molecular formula is C12H19NO. The van der Waals surface area contributed by atoms with Crippen molar-refractivity contribution in [1.82, 2.24) is 0 Å². The molecule has 0 amide bonds. The van der Waals surface area contributed by atoms with Gasteiger partial charge in [-0.1, -0.05) is 32.0 Å². The first-order valence-corrected chi connectivity index (χ1v) is 5.12. The minimum atomic E-state index is 0.440. The van der Waals surface area contributed by atoms with Crippen LogP contribution < -0.4 is 10.5 Å². The summed E-state index contributed by atoms with van der Waals surface area (Å²) in [4.78, 5) is 0. The van der Waals surface area contributed by atoms with Gasteiger partial charge in [-0.05, 0) is 24.6 Å². The van der Waals surface area contributed by atoms with Gasteiger partial charge in [0.25, 0.3) is 0 Å². The third-order valence-corrected chi connectivity index (χ3v) is 2.45. The lowest BCUT2D eigenvalue weighted by atomic mass is 9.97. The van der Waals surface area contributed by atoms with Crippen LogP contribution in [0.2, 0.25) is 0 Å². The average molecular weight is 193 g/mol. The summed E-state index contributed by atoms with van der Waals surface area (Å²) >= 11 is 0. The van der Waals surface area contributed by atoms with E-state index in [0.29, 0.717) is 25.0 Å². The molecule has 0 heterocycles. The maximum absolute atomic E-state index is 5.66. The predicted molar refractivity (Wildman–Crippen MR) is 59.3 cm³/mol. The monoisotopic (exact) mass is 193 g/mol. The van der Waals surface area contributed by atoms with Crippen molar-refractivity contribution < 1.29 is 4.74 Å². The SMILES string of the molecule is CC(C)C(CN)COc1ccccc1. The molecule has 1 aromatic carbocycles. The molecule has 0 aromatic heterocycles. The first kappa shape index (κ1) is 11.1. The Morgan fingerprint density at radius 2 is 1.86 bits per heavy atom. The van der Waals surface area contributed by atoms with Crippen LogP contribution in [0, 0.1) is 11.8 Å². The first-order chi connectivity index (χ1) is 6.74. The molecule has 2 nitrogen and oxygen atoms in total. The summed E-state index contributed by atoms with van der Waals surface area (Å²) in [6, 6.07) is 9.86. The highest BCUT2D eigenvalue weighted by Crippen LogP contribution is 2.13. The van der Waals surface area contributed by atoms with Crippen LogP contribution in [-0.4, -0.2) is 13.2 Å². The molecule has 0 saturated carbocycles. The van der Waals surface area contributed by atoms with Crippen LogP contribution in [0.3, 0.4) is 0 Å². The number of hydrogen-bond donors (Lipinski definition) is 1. The fraction of sp³-hybridized carbons (Fsp3) is 0.500. The quantitative estimate of drug-likeness (QED) is 0.778. The Morgan fingerprint density at radius 3 is 2.36 bits per heavy atom. The molecule has 0 bridgehead atoms. The number of rotatable bonds is 5. The van der Waals surface area contributed by atoms with Crippen molar-refractivity contribution in [3.8, 4) is 5.75 Å². The zero-order chi connectivity index (χ0) is 10.4. The normalized spacial score (nSPS) is 12.9. The van der Waals surface area contributed by atoms with E-state index in [-0.39, 0.29) is 0 Å². The van der Waals surface area contributed by atoms with E-state index in [1.165, 1.54) is 0 Å². The number of ether oxygens (including phenoxy) is 1. The summed E-state index contributed by atoms with van der Waals surface area (Å²) in [6.45, 7) is 5.74. The summed E-state index contributed by atoms with van der Waals surface area (Å²) < 4.78 is 5.64. The predicted octanol–water partition coefficient (Wildman–Crippen LogP) is 2.30. The summed E-state index contributed by atoms with van der Waals surface area (Å²) in [5, 5.41) is 0. The zero-order valence-corrected chi connectivity index (χ0v) is 8.94. The van der Waals surface area contributed by atoms with Gasteiger partial charge in [0.05, 0.1) is 6.61 Å². The van der Waals surface area contributed by atoms with Crippen LogP contribution in [-0.2, 0) is 0 Å². The summed E-state index contributed by atoms with van der Waals surface area (Å²) in [5.41, 5.74) is 5.66. The molecule has 2 heteroatoms. The van der Waals surface area contributed by atoms with Crippen LogP contribution in [0.1, 0.15) is 13.8 Å². The molecule has 1 atom stereocenters. The standard InChI is InChI=1S/C12H19NO/c1-10(2)11(8-13)9-14-12-6-4-3-5-7-12/h3-7,10-11H,8-9,13H2,1-2H3. The summed E-state index contributed by atoms with van der Waals surface area (Å²) in [5.74, 6) is 1.94. The second kappa shape index (κ2) is 5.66. The Morgan fingerprint density at radius 1 is 1.21 bits per heavy atom. The van der Waals surface area contributed by atoms with E-state index in [2.05, 4.69) is 13.8 Å². The van der Waals surface area contributed by atoms with Gasteiger partial charge in [0.2, 0.25) is 0 Å². The molecule has 14 heavy (non-hydrogen) atoms. The number of benzene rings is 1. The van der Waals surface area contributed by atoms with Crippen molar-refractivity contribution in [3.05, 3.63) is 30.3 Å². The fourth-order valence-electron chi connectivity index (χ4n) is 1.25. The van der Waals surface area contributed by atoms with Gasteiger partial charge in [0.1, 0.15) is 5.75 Å². The Hall–Kier alpha value is -1.02. The second-order valence-corrected chi connectivity index (χ2v) is 3.86. The molecule has 78 valence electrons. The third-order valence-electron chi connectivity index (χ3n) is 2.45. The van der Waals surface area contributed by atoms with Crippen LogP contribution in [0.4, 0.5) is 0 Å². The van der Waals surface area contributed by atoms with Gasteiger partial charge in [0.15, 0.2) is 0 Å². The van der Waals surface area contributed by atoms with Crippen molar-refractivity contribution in [2.24, 2.45) is 17.6 Å². The minimum absolute atomic E-state index is 0.440. The lowest BCUT2D eigenvalue weighted by Gasteiger charge is -2.19. The highest BCUT2D eigenvalue weighted by atomic mass is 16.5. The fourth-order valence-corrected chi connectivity index (χ4v) is 1.25. The van der Waals surface area contributed by atoms with E-state index < -0.39 is 0 Å². The molecule has 0 fully saturated rings. The van der Waals surface area contributed by atoms with E-state index in [9.17, 15) is 0 Å². The topological polar surface area (TPSA) is 35.2 Å². The molecule has 0 saturated heterocycles. The van der Waals surface area contributed by atoms with Crippen molar-refractivity contribution in [2.75, 3.05) is 13.2 Å². The highest BCUT2D eigenvalue weighted by molar-refractivity contribution is 5.20. The molecular weight excluding hydrogens is 174 g/mol. The van der Waals surface area contributed by atoms with Gasteiger partial charge in [-0.2, -0.15) is 0 Å². The van der Waals surface area contributed by atoms with Crippen LogP contribution in [0.5, 0.6) is 5.75 Å². The molecule has 1 unspecified atom stereocenters. The van der Waals surface area contributed by atoms with E-state index in [4.69, 9.17) is 10.5 Å². The number of nitrogens with two attached hydrogens (primary N) is 1. The molecule has 1 aromatic rings. The molecule has 0 aliphatic carbocycles. The van der Waals surface area contributed by atoms with Gasteiger partial charge in [-0.15, -0.1) is 0 Å². The smallest absolute Gasteiger partial charge is 0.119 e. The largest absolute Gasteiger partial charge is 0.493 e. The van der Waals surface area contributed by atoms with Crippen molar-refractivity contribution in [3.63, 3.8) is 0 Å². The maximum atomic E-state index is 5.66. The Kier molecular flexibility index (Phi) is 4.47. The first-order valence-electron chi connectivity index (χ1n) is 5.12. The average Bonchev–Trinajstić information content (AvgIpc) is 2.20. The Labute approximate surface area is 86.1 Å². The third kappa shape index (κ3) is 3.38. The van der Waals surface area contributed by atoms with Gasteiger partial charge < -0.3 is 10.5 Å². The summed E-state index contributed by atoms with van der Waals surface area (Å²) in [7, 11) is 0. The lowest BCUT2D eigenvalue weighted by molar-refractivity contribution is 0.214. The molecule has 0 aliphatic heterocycles. The van der Waals surface area contributed by atoms with Crippen molar-refractivity contribution in [1.29, 1.82) is 0 Å². The lowest BCUT2D eigenvalue weighted by Crippen LogP contribution is -2.26. The number of para-hydroxylation sites is 1. The Bertz CT molecular complexity index is 246. The summed E-state index contributed by atoms with van der Waals surface area (Å²) in [6.07, 6.45) is 0.